The van der Waals surface area contributed by atoms with Crippen molar-refractivity contribution in [2.45, 2.75) is 33.2 Å². The second-order valence-corrected chi connectivity index (χ2v) is 8.29. The van der Waals surface area contributed by atoms with Gasteiger partial charge < -0.3 is 4.90 Å². The number of ketones is 2. The average Bonchev–Trinajstić information content (AvgIpc) is 2.88. The van der Waals surface area contributed by atoms with Crippen LogP contribution in [0.15, 0.2) is 48.0 Å². The zero-order chi connectivity index (χ0) is 20.2. The Bertz CT molecular complexity index is 1050. The van der Waals surface area contributed by atoms with Crippen molar-refractivity contribution >= 4 is 40.5 Å². The van der Waals surface area contributed by atoms with Crippen LogP contribution in [-0.2, 0) is 0 Å². The molecule has 4 rings (SSSR count). The maximum absolute atomic E-state index is 12.7. The van der Waals surface area contributed by atoms with Crippen LogP contribution >= 0.6 is 11.6 Å². The maximum Gasteiger partial charge on any atom is 0.197 e. The molecule has 0 radical (unpaired) electrons. The molecule has 0 saturated heterocycles. The van der Waals surface area contributed by atoms with Gasteiger partial charge in [0.05, 0.1) is 11.1 Å². The number of carbonyl (C=O) groups is 2. The minimum atomic E-state index is -0.238. The Balaban J connectivity index is 1.84. The zero-order valence-corrected chi connectivity index (χ0v) is 17.2. The molecule has 1 heterocycles. The number of hydrogen-bond donors (Lipinski definition) is 0. The van der Waals surface area contributed by atoms with E-state index in [1.54, 1.807) is 30.3 Å². The van der Waals surface area contributed by atoms with E-state index in [-0.39, 0.29) is 22.7 Å². The largest absolute Gasteiger partial charge is 0.363 e. The summed E-state index contributed by atoms with van der Waals surface area (Å²) in [4.78, 5) is 27.7. The third kappa shape index (κ3) is 2.73. The number of likely N-dealkylation sites (N-methyl/N-ethyl adjacent to an activating group) is 1. The van der Waals surface area contributed by atoms with Crippen LogP contribution in [0.4, 0.5) is 5.69 Å². The summed E-state index contributed by atoms with van der Waals surface area (Å²) < 4.78 is 0. The number of nitrogens with zero attached hydrogens (tertiary/aromatic N) is 1. The molecule has 1 aliphatic heterocycles. The first-order valence-corrected chi connectivity index (χ1v) is 9.83. The third-order valence-electron chi connectivity index (χ3n) is 5.62. The van der Waals surface area contributed by atoms with Gasteiger partial charge in [-0.3, -0.25) is 9.59 Å². The minimum Gasteiger partial charge on any atom is -0.363 e. The van der Waals surface area contributed by atoms with Gasteiger partial charge in [-0.25, -0.2) is 0 Å². The van der Waals surface area contributed by atoms with E-state index in [1.165, 1.54) is 0 Å². The molecule has 0 N–H and O–H groups in total. The highest BCUT2D eigenvalue weighted by atomic mass is 35.5. The Kier molecular flexibility index (Phi) is 4.31. The van der Waals surface area contributed by atoms with E-state index < -0.39 is 0 Å². The molecule has 0 amide bonds. The van der Waals surface area contributed by atoms with Crippen molar-refractivity contribution in [3.8, 4) is 0 Å². The van der Waals surface area contributed by atoms with Gasteiger partial charge in [0.2, 0.25) is 0 Å². The summed E-state index contributed by atoms with van der Waals surface area (Å²) in [5.74, 6) is -0.476. The van der Waals surface area contributed by atoms with Crippen LogP contribution in [0.3, 0.4) is 0 Å². The molecule has 0 saturated carbocycles. The van der Waals surface area contributed by atoms with Crippen molar-refractivity contribution in [3.05, 3.63) is 75.3 Å². The number of carbonyl (C=O) groups excluding carboxylic acids is 2. The Morgan fingerprint density at radius 1 is 1.04 bits per heavy atom. The van der Waals surface area contributed by atoms with E-state index in [0.29, 0.717) is 21.7 Å². The van der Waals surface area contributed by atoms with E-state index >= 15 is 0 Å². The van der Waals surface area contributed by atoms with Gasteiger partial charge in [0.1, 0.15) is 0 Å². The Labute approximate surface area is 170 Å². The van der Waals surface area contributed by atoms with Crippen molar-refractivity contribution in [2.75, 3.05) is 11.4 Å². The van der Waals surface area contributed by atoms with Crippen molar-refractivity contribution in [1.82, 2.24) is 0 Å². The van der Waals surface area contributed by atoms with Crippen molar-refractivity contribution < 1.29 is 9.59 Å². The molecule has 2 aliphatic rings. The van der Waals surface area contributed by atoms with Crippen molar-refractivity contribution in [1.29, 1.82) is 0 Å². The quantitative estimate of drug-likeness (QED) is 0.477. The predicted molar refractivity (Wildman–Crippen MR) is 115 cm³/mol. The second-order valence-electron chi connectivity index (χ2n) is 7.88. The van der Waals surface area contributed by atoms with Crippen LogP contribution in [0.5, 0.6) is 0 Å². The normalized spacial score (nSPS) is 17.4. The van der Waals surface area contributed by atoms with Gasteiger partial charge in [-0.1, -0.05) is 41.9 Å². The summed E-state index contributed by atoms with van der Waals surface area (Å²) >= 11 is 6.60. The molecule has 2 aromatic carbocycles. The van der Waals surface area contributed by atoms with Crippen molar-refractivity contribution in [3.63, 3.8) is 0 Å². The number of anilines is 1. The average molecular weight is 392 g/mol. The zero-order valence-electron chi connectivity index (χ0n) is 16.5. The predicted octanol–water partition coefficient (Wildman–Crippen LogP) is 5.82. The summed E-state index contributed by atoms with van der Waals surface area (Å²) in [6.45, 7) is 9.42. The number of halogens is 1. The lowest BCUT2D eigenvalue weighted by atomic mass is 9.87. The first-order chi connectivity index (χ1) is 13.2. The van der Waals surface area contributed by atoms with Crippen LogP contribution in [0.1, 0.15) is 59.5 Å². The van der Waals surface area contributed by atoms with Gasteiger partial charge in [-0.15, -0.1) is 0 Å². The van der Waals surface area contributed by atoms with E-state index in [1.807, 2.05) is 12.1 Å². The van der Waals surface area contributed by atoms with Crippen LogP contribution in [0.25, 0.3) is 11.6 Å². The number of fused-ring (bicyclic) bond motifs is 2. The van der Waals surface area contributed by atoms with Gasteiger partial charge in [-0.2, -0.15) is 0 Å². The molecular weight excluding hydrogens is 370 g/mol. The molecule has 0 spiro atoms. The van der Waals surface area contributed by atoms with Gasteiger partial charge >= 0.3 is 0 Å². The monoisotopic (exact) mass is 391 g/mol. The molecule has 28 heavy (non-hydrogen) atoms. The summed E-state index contributed by atoms with van der Waals surface area (Å²) in [5, 5.41) is 0.534. The fourth-order valence-electron chi connectivity index (χ4n) is 4.36. The lowest BCUT2D eigenvalue weighted by Crippen LogP contribution is -2.44. The van der Waals surface area contributed by atoms with Crippen LogP contribution < -0.4 is 4.90 Å². The first kappa shape index (κ1) is 18.7. The van der Waals surface area contributed by atoms with E-state index in [4.69, 9.17) is 11.6 Å². The van der Waals surface area contributed by atoms with E-state index in [0.717, 1.165) is 23.4 Å². The minimum absolute atomic E-state index is 0.103. The molecule has 3 nitrogen and oxygen atoms in total. The lowest BCUT2D eigenvalue weighted by Gasteiger charge is -2.43. The molecule has 4 heteroatoms. The highest BCUT2D eigenvalue weighted by molar-refractivity contribution is 6.42. The topological polar surface area (TPSA) is 37.4 Å². The van der Waals surface area contributed by atoms with E-state index in [9.17, 15) is 9.59 Å². The molecule has 2 aromatic rings. The smallest absolute Gasteiger partial charge is 0.197 e. The fourth-order valence-corrected chi connectivity index (χ4v) is 4.57. The van der Waals surface area contributed by atoms with Crippen LogP contribution in [0.2, 0.25) is 5.02 Å². The highest BCUT2D eigenvalue weighted by Gasteiger charge is 2.34. The van der Waals surface area contributed by atoms with Crippen LogP contribution in [-0.4, -0.2) is 23.7 Å². The summed E-state index contributed by atoms with van der Waals surface area (Å²) in [5.41, 5.74) is 4.99. The number of Topliss-reactive ketones (excluding diaryl/α,β-unsaturated/α-hetero) is 2. The lowest BCUT2D eigenvalue weighted by molar-refractivity contribution is 0.0990. The first-order valence-electron chi connectivity index (χ1n) is 9.45. The molecule has 0 aromatic heterocycles. The highest BCUT2D eigenvalue weighted by Crippen LogP contribution is 2.42. The van der Waals surface area contributed by atoms with Gasteiger partial charge in [-0.05, 0) is 57.0 Å². The Morgan fingerprint density at radius 2 is 1.64 bits per heavy atom. The van der Waals surface area contributed by atoms with Crippen LogP contribution in [0, 0.1) is 0 Å². The summed E-state index contributed by atoms with van der Waals surface area (Å²) in [6, 6.07) is 10.9. The third-order valence-corrected chi connectivity index (χ3v) is 5.95. The number of hydrogen-bond acceptors (Lipinski definition) is 3. The number of rotatable bonds is 2. The number of allylic oxidation sites excluding steroid dienone is 2. The molecule has 0 unspecified atom stereocenters. The summed E-state index contributed by atoms with van der Waals surface area (Å²) in [6.07, 6.45) is 3.88. The summed E-state index contributed by atoms with van der Waals surface area (Å²) in [7, 11) is 0. The molecule has 1 aliphatic carbocycles. The molecular formula is C24H22ClNO2. The Morgan fingerprint density at radius 3 is 2.21 bits per heavy atom. The SMILES string of the molecule is CCN1c2cc(Cl)c(C=C3C(=O)c4ccccc4C3=O)cc2C(C)=CC1(C)C. The molecule has 0 fully saturated rings. The Hall–Kier alpha value is -2.65. The molecule has 142 valence electrons. The number of benzene rings is 2. The molecule has 0 atom stereocenters. The second kappa shape index (κ2) is 6.46. The standard InChI is InChI=1S/C24H22ClNO2/c1-5-26-21-12-20(25)15(10-18(21)14(2)13-24(26,3)4)11-19-22(27)16-8-6-7-9-17(16)23(19)28/h6-13H,5H2,1-4H3. The van der Waals surface area contributed by atoms with Crippen molar-refractivity contribution in [2.24, 2.45) is 0 Å². The fraction of sp³-hybridized carbons (Fsp3) is 0.250. The molecule has 0 bridgehead atoms. The van der Waals surface area contributed by atoms with Gasteiger partial charge in [0, 0.05) is 33.9 Å². The maximum atomic E-state index is 12.7. The van der Waals surface area contributed by atoms with E-state index in [2.05, 4.69) is 38.7 Å². The van der Waals surface area contributed by atoms with Gasteiger partial charge in [0.25, 0.3) is 0 Å². The van der Waals surface area contributed by atoms with Gasteiger partial charge in [0.15, 0.2) is 11.6 Å².